The third-order valence-corrected chi connectivity index (χ3v) is 2.89. The number of rotatable bonds is 2. The number of aldehydes is 1. The first kappa shape index (κ1) is 9.46. The van der Waals surface area contributed by atoms with Crippen molar-refractivity contribution in [1.82, 2.24) is 0 Å². The van der Waals surface area contributed by atoms with Crippen molar-refractivity contribution in [1.29, 1.82) is 0 Å². The van der Waals surface area contributed by atoms with Gasteiger partial charge in [-0.1, -0.05) is 19.1 Å². The zero-order chi connectivity index (χ0) is 10.1. The summed E-state index contributed by atoms with van der Waals surface area (Å²) in [6, 6.07) is 5.81. The minimum Gasteiger partial charge on any atom is -0.452 e. The quantitative estimate of drug-likeness (QED) is 0.766. The number of hydrogen-bond acceptors (Lipinski definition) is 2. The van der Waals surface area contributed by atoms with E-state index in [9.17, 15) is 4.79 Å². The molecule has 1 aromatic heterocycles. The van der Waals surface area contributed by atoms with Crippen LogP contribution in [-0.2, 0) is 6.42 Å². The van der Waals surface area contributed by atoms with E-state index in [1.165, 1.54) is 0 Å². The number of carbonyl (C=O) groups excluding carboxylic acids is 1. The molecule has 2 aromatic rings. The number of fused-ring (bicyclic) bond motifs is 1. The minimum absolute atomic E-state index is 0.439. The molecule has 2 rings (SSSR count). The lowest BCUT2D eigenvalue weighted by molar-refractivity contribution is 0.110. The summed E-state index contributed by atoms with van der Waals surface area (Å²) in [5, 5.41) is 1.02. The summed E-state index contributed by atoms with van der Waals surface area (Å²) in [7, 11) is 0. The van der Waals surface area contributed by atoms with Crippen LogP contribution in [0.3, 0.4) is 0 Å². The summed E-state index contributed by atoms with van der Waals surface area (Å²) in [6.45, 7) is 2.01. The van der Waals surface area contributed by atoms with Gasteiger partial charge in [0, 0.05) is 10.9 Å². The molecule has 1 aromatic carbocycles. The number of carbonyl (C=O) groups is 1. The van der Waals surface area contributed by atoms with Crippen LogP contribution in [-0.4, -0.2) is 6.29 Å². The molecule has 0 amide bonds. The van der Waals surface area contributed by atoms with Crippen LogP contribution >= 0.6 is 15.9 Å². The van der Waals surface area contributed by atoms with Gasteiger partial charge in [-0.15, -0.1) is 0 Å². The molecule has 0 aliphatic carbocycles. The van der Waals surface area contributed by atoms with E-state index in [4.69, 9.17) is 4.42 Å². The Kier molecular flexibility index (Phi) is 2.42. The first-order chi connectivity index (χ1) is 6.77. The molecule has 0 atom stereocenters. The smallest absolute Gasteiger partial charge is 0.185 e. The Morgan fingerprint density at radius 1 is 1.50 bits per heavy atom. The van der Waals surface area contributed by atoms with Crippen LogP contribution in [0, 0.1) is 0 Å². The van der Waals surface area contributed by atoms with Gasteiger partial charge in [0.2, 0.25) is 0 Å². The fourth-order valence-corrected chi connectivity index (χ4v) is 2.06. The Hall–Kier alpha value is -1.09. The normalized spacial score (nSPS) is 10.7. The van der Waals surface area contributed by atoms with Gasteiger partial charge in [-0.05, 0) is 28.4 Å². The van der Waals surface area contributed by atoms with Gasteiger partial charge in [0.1, 0.15) is 5.58 Å². The molecule has 0 bridgehead atoms. The molecule has 0 spiro atoms. The van der Waals surface area contributed by atoms with Gasteiger partial charge in [-0.25, -0.2) is 0 Å². The number of benzene rings is 1. The molecule has 14 heavy (non-hydrogen) atoms. The second kappa shape index (κ2) is 3.58. The number of aryl methyl sites for hydroxylation is 1. The fraction of sp³-hybridized carbons (Fsp3) is 0.182. The highest BCUT2D eigenvalue weighted by molar-refractivity contribution is 9.10. The van der Waals surface area contributed by atoms with Gasteiger partial charge in [0.15, 0.2) is 12.0 Å². The lowest BCUT2D eigenvalue weighted by Crippen LogP contribution is -1.83. The first-order valence-corrected chi connectivity index (χ1v) is 5.22. The highest BCUT2D eigenvalue weighted by atomic mass is 79.9. The van der Waals surface area contributed by atoms with E-state index in [1.54, 1.807) is 0 Å². The highest BCUT2D eigenvalue weighted by Gasteiger charge is 2.13. The van der Waals surface area contributed by atoms with Crippen molar-refractivity contribution in [2.24, 2.45) is 0 Å². The van der Waals surface area contributed by atoms with E-state index in [2.05, 4.69) is 15.9 Å². The van der Waals surface area contributed by atoms with E-state index < -0.39 is 0 Å². The number of hydrogen-bond donors (Lipinski definition) is 0. The van der Waals surface area contributed by atoms with Crippen molar-refractivity contribution in [2.75, 3.05) is 0 Å². The first-order valence-electron chi connectivity index (χ1n) is 4.43. The summed E-state index contributed by atoms with van der Waals surface area (Å²) >= 11 is 3.39. The molecule has 0 unspecified atom stereocenters. The third-order valence-electron chi connectivity index (χ3n) is 2.26. The van der Waals surface area contributed by atoms with Crippen molar-refractivity contribution in [2.45, 2.75) is 13.3 Å². The molecular formula is C11H9BrO2. The van der Waals surface area contributed by atoms with Crippen molar-refractivity contribution in [3.8, 4) is 0 Å². The molecule has 0 aliphatic rings. The van der Waals surface area contributed by atoms with Gasteiger partial charge in [-0.3, -0.25) is 4.79 Å². The van der Waals surface area contributed by atoms with Gasteiger partial charge < -0.3 is 4.42 Å². The maximum absolute atomic E-state index is 10.8. The summed E-state index contributed by atoms with van der Waals surface area (Å²) < 4.78 is 6.34. The fourth-order valence-electron chi connectivity index (χ4n) is 1.61. The van der Waals surface area contributed by atoms with Gasteiger partial charge in [-0.2, -0.15) is 0 Å². The molecule has 0 fully saturated rings. The molecule has 3 heteroatoms. The third kappa shape index (κ3) is 1.28. The summed E-state index contributed by atoms with van der Waals surface area (Å²) in [5.74, 6) is 0.439. The molecule has 1 heterocycles. The van der Waals surface area contributed by atoms with Crippen LogP contribution in [0.4, 0.5) is 0 Å². The lowest BCUT2D eigenvalue weighted by Gasteiger charge is -1.92. The van der Waals surface area contributed by atoms with Crippen molar-refractivity contribution < 1.29 is 9.21 Å². The largest absolute Gasteiger partial charge is 0.452 e. The Morgan fingerprint density at radius 3 is 2.93 bits per heavy atom. The van der Waals surface area contributed by atoms with Gasteiger partial charge in [0.25, 0.3) is 0 Å². The molecule has 0 N–H and O–H groups in total. The number of furan rings is 1. The molecule has 0 aliphatic heterocycles. The van der Waals surface area contributed by atoms with E-state index in [0.29, 0.717) is 5.76 Å². The highest BCUT2D eigenvalue weighted by Crippen LogP contribution is 2.30. The average molecular weight is 253 g/mol. The molecule has 2 nitrogen and oxygen atoms in total. The summed E-state index contributed by atoms with van der Waals surface area (Å²) in [6.07, 6.45) is 1.57. The van der Waals surface area contributed by atoms with Crippen LogP contribution in [0.1, 0.15) is 23.0 Å². The summed E-state index contributed by atoms with van der Waals surface area (Å²) in [4.78, 5) is 10.8. The Labute approximate surface area is 90.0 Å². The second-order valence-electron chi connectivity index (χ2n) is 3.03. The second-order valence-corrected chi connectivity index (χ2v) is 3.89. The Balaban J connectivity index is 2.86. The minimum atomic E-state index is 0.439. The predicted molar refractivity (Wildman–Crippen MR) is 58.7 cm³/mol. The zero-order valence-corrected chi connectivity index (χ0v) is 9.30. The van der Waals surface area contributed by atoms with Crippen molar-refractivity contribution in [3.63, 3.8) is 0 Å². The van der Waals surface area contributed by atoms with Crippen LogP contribution in [0.5, 0.6) is 0 Å². The molecule has 0 saturated heterocycles. The molecule has 72 valence electrons. The number of para-hydroxylation sites is 1. The standard InChI is InChI=1S/C11H9BrO2/c1-2-7-8-4-3-5-9(12)11(8)14-10(7)6-13/h3-6H,2H2,1H3. The summed E-state index contributed by atoms with van der Waals surface area (Å²) in [5.41, 5.74) is 1.74. The maximum Gasteiger partial charge on any atom is 0.185 e. The zero-order valence-electron chi connectivity index (χ0n) is 7.71. The lowest BCUT2D eigenvalue weighted by atomic mass is 10.1. The molecule has 0 saturated carbocycles. The molecular weight excluding hydrogens is 244 g/mol. The van der Waals surface area contributed by atoms with Gasteiger partial charge >= 0.3 is 0 Å². The topological polar surface area (TPSA) is 30.2 Å². The van der Waals surface area contributed by atoms with Crippen LogP contribution < -0.4 is 0 Å². The predicted octanol–water partition coefficient (Wildman–Crippen LogP) is 3.57. The Bertz CT molecular complexity index is 485. The van der Waals surface area contributed by atoms with E-state index in [0.717, 1.165) is 33.7 Å². The van der Waals surface area contributed by atoms with Crippen LogP contribution in [0.15, 0.2) is 27.1 Å². The van der Waals surface area contributed by atoms with E-state index >= 15 is 0 Å². The van der Waals surface area contributed by atoms with Crippen LogP contribution in [0.2, 0.25) is 0 Å². The molecule has 0 radical (unpaired) electrons. The van der Waals surface area contributed by atoms with Gasteiger partial charge in [0.05, 0.1) is 4.47 Å². The van der Waals surface area contributed by atoms with Crippen LogP contribution in [0.25, 0.3) is 11.0 Å². The monoisotopic (exact) mass is 252 g/mol. The average Bonchev–Trinajstić information content (AvgIpc) is 2.57. The SMILES string of the molecule is CCc1c(C=O)oc2c(Br)cccc12. The Morgan fingerprint density at radius 2 is 2.29 bits per heavy atom. The maximum atomic E-state index is 10.8. The van der Waals surface area contributed by atoms with Crippen molar-refractivity contribution in [3.05, 3.63) is 34.0 Å². The number of halogens is 1. The van der Waals surface area contributed by atoms with Crippen molar-refractivity contribution >= 4 is 33.2 Å². The van der Waals surface area contributed by atoms with E-state index in [1.807, 2.05) is 25.1 Å². The van der Waals surface area contributed by atoms with E-state index in [-0.39, 0.29) is 0 Å².